The number of aromatic nitrogens is 4. The standard InChI is InChI=1S/C47H66N10O3/c1-47(2,3)60-46(58)56-31-19-38(20-32-56)54-27-15-36(16-28-54)52-23-13-35(14-24-52)53-25-17-37(18-26-53)55-29-21-39(22-30-55)57-45-42(44(48)49-33-50-45)43(51-57)34-9-11-41(12-10-34)59-40-7-5-4-6-8-40/h4-12,33,35-39H,13-32H2,1-3H3,(H2,48,49,50). The van der Waals surface area contributed by atoms with Crippen LogP contribution < -0.4 is 10.5 Å². The lowest BCUT2D eigenvalue weighted by Crippen LogP contribution is -2.55. The van der Waals surface area contributed by atoms with Gasteiger partial charge in [-0.05, 0) is 161 Å². The van der Waals surface area contributed by atoms with Crippen LogP contribution in [0.1, 0.15) is 91.0 Å². The summed E-state index contributed by atoms with van der Waals surface area (Å²) in [5, 5.41) is 6.00. The van der Waals surface area contributed by atoms with Gasteiger partial charge in [0.2, 0.25) is 0 Å². The number of ether oxygens (including phenoxy) is 2. The molecule has 4 aromatic rings. The molecule has 2 aromatic heterocycles. The summed E-state index contributed by atoms with van der Waals surface area (Å²) < 4.78 is 13.8. The summed E-state index contributed by atoms with van der Waals surface area (Å²) in [6.07, 6.45) is 13.3. The first-order valence-electron chi connectivity index (χ1n) is 22.9. The van der Waals surface area contributed by atoms with Crippen molar-refractivity contribution in [1.82, 2.24) is 44.2 Å². The molecule has 60 heavy (non-hydrogen) atoms. The molecule has 0 aliphatic carbocycles. The van der Waals surface area contributed by atoms with Gasteiger partial charge in [-0.15, -0.1) is 0 Å². The quantitative estimate of drug-likeness (QED) is 0.193. The van der Waals surface area contributed by atoms with E-state index in [1.54, 1.807) is 6.33 Å². The van der Waals surface area contributed by atoms with E-state index in [-0.39, 0.29) is 12.1 Å². The topological polar surface area (TPSA) is 121 Å². The third-order valence-corrected chi connectivity index (χ3v) is 14.1. The Labute approximate surface area is 356 Å². The van der Waals surface area contributed by atoms with Gasteiger partial charge >= 0.3 is 6.09 Å². The van der Waals surface area contributed by atoms with E-state index < -0.39 is 5.60 Å². The van der Waals surface area contributed by atoms with Gasteiger partial charge in [0.25, 0.3) is 0 Å². The lowest BCUT2D eigenvalue weighted by atomic mass is 9.93. The molecule has 322 valence electrons. The fourth-order valence-electron chi connectivity index (χ4n) is 10.8. The van der Waals surface area contributed by atoms with Crippen molar-refractivity contribution in [1.29, 1.82) is 0 Å². The predicted molar refractivity (Wildman–Crippen MR) is 236 cm³/mol. The van der Waals surface area contributed by atoms with Crippen LogP contribution >= 0.6 is 0 Å². The highest BCUT2D eigenvalue weighted by atomic mass is 16.6. The number of benzene rings is 2. The molecule has 0 bridgehead atoms. The zero-order valence-electron chi connectivity index (χ0n) is 36.1. The van der Waals surface area contributed by atoms with Crippen molar-refractivity contribution >= 4 is 22.9 Å². The summed E-state index contributed by atoms with van der Waals surface area (Å²) in [4.78, 5) is 34.6. The van der Waals surface area contributed by atoms with E-state index in [4.69, 9.17) is 25.3 Å². The average Bonchev–Trinajstić information content (AvgIpc) is 3.68. The van der Waals surface area contributed by atoms with Crippen LogP contribution in [0.15, 0.2) is 60.9 Å². The molecule has 5 aliphatic rings. The monoisotopic (exact) mass is 819 g/mol. The predicted octanol–water partition coefficient (Wildman–Crippen LogP) is 7.30. The maximum Gasteiger partial charge on any atom is 0.410 e. The highest BCUT2D eigenvalue weighted by Gasteiger charge is 2.36. The fraction of sp³-hybridized carbons (Fsp3) is 0.617. The molecular formula is C47H66N10O3. The van der Waals surface area contributed by atoms with Gasteiger partial charge in [0, 0.05) is 55.9 Å². The van der Waals surface area contributed by atoms with E-state index in [2.05, 4.69) is 29.3 Å². The smallest absolute Gasteiger partial charge is 0.410 e. The number of amides is 1. The van der Waals surface area contributed by atoms with Crippen molar-refractivity contribution in [2.45, 2.75) is 121 Å². The molecule has 0 saturated carbocycles. The number of rotatable bonds is 8. The Morgan fingerprint density at radius 2 is 1.05 bits per heavy atom. The summed E-state index contributed by atoms with van der Waals surface area (Å²) in [6, 6.07) is 20.9. The number of nitrogens with zero attached hydrogens (tertiary/aromatic N) is 9. The fourth-order valence-corrected chi connectivity index (χ4v) is 10.8. The molecule has 1 amide bonds. The van der Waals surface area contributed by atoms with Gasteiger partial charge < -0.3 is 39.7 Å². The van der Waals surface area contributed by atoms with E-state index in [1.807, 2.05) is 80.3 Å². The molecule has 5 aliphatic heterocycles. The van der Waals surface area contributed by atoms with Crippen molar-refractivity contribution in [3.05, 3.63) is 60.9 Å². The van der Waals surface area contributed by atoms with Crippen molar-refractivity contribution in [2.75, 3.05) is 71.2 Å². The van der Waals surface area contributed by atoms with Crippen molar-refractivity contribution in [3.63, 3.8) is 0 Å². The maximum absolute atomic E-state index is 12.5. The molecule has 0 radical (unpaired) electrons. The Morgan fingerprint density at radius 3 is 1.53 bits per heavy atom. The summed E-state index contributed by atoms with van der Waals surface area (Å²) in [5.41, 5.74) is 8.67. The van der Waals surface area contributed by atoms with Gasteiger partial charge in [-0.2, -0.15) is 5.10 Å². The molecule has 2 aromatic carbocycles. The third kappa shape index (κ3) is 9.29. The van der Waals surface area contributed by atoms with Gasteiger partial charge in [-0.1, -0.05) is 18.2 Å². The normalized spacial score (nSPS) is 22.4. The van der Waals surface area contributed by atoms with Crippen molar-refractivity contribution < 1.29 is 14.3 Å². The zero-order valence-corrected chi connectivity index (χ0v) is 36.1. The highest BCUT2D eigenvalue weighted by Crippen LogP contribution is 2.36. The molecule has 0 atom stereocenters. The minimum Gasteiger partial charge on any atom is -0.457 e. The second kappa shape index (κ2) is 18.0. The number of para-hydroxylation sites is 1. The van der Waals surface area contributed by atoms with Crippen molar-refractivity contribution in [2.24, 2.45) is 0 Å². The van der Waals surface area contributed by atoms with Gasteiger partial charge in [0.05, 0.1) is 11.4 Å². The van der Waals surface area contributed by atoms with Gasteiger partial charge in [0.15, 0.2) is 5.65 Å². The number of carbonyl (C=O) groups excluding carboxylic acids is 1. The Morgan fingerprint density at radius 1 is 0.600 bits per heavy atom. The Kier molecular flexibility index (Phi) is 12.3. The number of hydrogen-bond acceptors (Lipinski definition) is 11. The number of likely N-dealkylation sites (tertiary alicyclic amines) is 5. The van der Waals surface area contributed by atoms with Crippen LogP contribution in [0.4, 0.5) is 10.6 Å². The van der Waals surface area contributed by atoms with Crippen LogP contribution in [0.25, 0.3) is 22.3 Å². The molecule has 13 heteroatoms. The lowest BCUT2D eigenvalue weighted by Gasteiger charge is -2.48. The first kappa shape index (κ1) is 41.1. The molecule has 0 spiro atoms. The lowest BCUT2D eigenvalue weighted by molar-refractivity contribution is 0.00521. The van der Waals surface area contributed by atoms with E-state index in [0.717, 1.165) is 97.7 Å². The summed E-state index contributed by atoms with van der Waals surface area (Å²) in [5.74, 6) is 2.05. The Bertz CT molecular complexity index is 2010. The minimum atomic E-state index is -0.435. The highest BCUT2D eigenvalue weighted by molar-refractivity contribution is 5.98. The van der Waals surface area contributed by atoms with Crippen molar-refractivity contribution in [3.8, 4) is 22.8 Å². The number of nitrogens with two attached hydrogens (primary N) is 1. The SMILES string of the molecule is CC(C)(C)OC(=O)N1CCC(N2CCC(N3CCC(N4CCC(N5CCC(n6nc(-c7ccc(Oc8ccccc8)cc7)c7c(N)ncnc76)CC5)CC4)CC3)CC2)CC1. The van der Waals surface area contributed by atoms with Gasteiger partial charge in [0.1, 0.15) is 34.9 Å². The van der Waals surface area contributed by atoms with Crippen LogP contribution in [0.5, 0.6) is 11.5 Å². The number of carbonyl (C=O) groups is 1. The first-order valence-corrected chi connectivity index (χ1v) is 22.9. The second-order valence-corrected chi connectivity index (χ2v) is 19.0. The third-order valence-electron chi connectivity index (χ3n) is 14.1. The molecule has 5 fully saturated rings. The van der Waals surface area contributed by atoms with E-state index >= 15 is 0 Å². The second-order valence-electron chi connectivity index (χ2n) is 19.0. The number of fused-ring (bicyclic) bond motifs is 1. The maximum atomic E-state index is 12.5. The van der Waals surface area contributed by atoms with Crippen LogP contribution in [0.2, 0.25) is 0 Å². The molecule has 13 nitrogen and oxygen atoms in total. The molecule has 2 N–H and O–H groups in total. The van der Waals surface area contributed by atoms with Gasteiger partial charge in [-0.25, -0.2) is 19.4 Å². The number of hydrogen-bond donors (Lipinski definition) is 1. The number of nitrogen functional groups attached to an aromatic ring is 1. The average molecular weight is 819 g/mol. The largest absolute Gasteiger partial charge is 0.457 e. The molecule has 5 saturated heterocycles. The minimum absolute atomic E-state index is 0.156. The molecule has 9 rings (SSSR count). The molecule has 7 heterocycles. The van der Waals surface area contributed by atoms with Crippen LogP contribution in [0.3, 0.4) is 0 Å². The van der Waals surface area contributed by atoms with E-state index in [9.17, 15) is 4.79 Å². The number of piperidine rings is 5. The van der Waals surface area contributed by atoms with E-state index in [1.165, 1.54) is 77.8 Å². The van der Waals surface area contributed by atoms with Crippen LogP contribution in [0, 0.1) is 0 Å². The van der Waals surface area contributed by atoms with Gasteiger partial charge in [-0.3, -0.25) is 0 Å². The number of anilines is 1. The molecule has 0 unspecified atom stereocenters. The summed E-state index contributed by atoms with van der Waals surface area (Å²) >= 11 is 0. The molecular weight excluding hydrogens is 753 g/mol. The van der Waals surface area contributed by atoms with E-state index in [0.29, 0.717) is 17.9 Å². The van der Waals surface area contributed by atoms with Crippen LogP contribution in [-0.2, 0) is 4.74 Å². The van der Waals surface area contributed by atoms with Crippen LogP contribution in [-0.4, -0.2) is 146 Å². The first-order chi connectivity index (χ1) is 29.1. The summed E-state index contributed by atoms with van der Waals surface area (Å²) in [7, 11) is 0. The Hall–Kier alpha value is -4.30. The Balaban J connectivity index is 0.711. The zero-order chi connectivity index (χ0) is 41.2. The summed E-state index contributed by atoms with van der Waals surface area (Å²) in [6.45, 7) is 16.9.